The molecule has 12 heteroatoms. The van der Waals surface area contributed by atoms with Gasteiger partial charge in [0.15, 0.2) is 0 Å². The Balaban J connectivity index is 2.06. The van der Waals surface area contributed by atoms with Gasteiger partial charge in [-0.05, 0) is 56.2 Å². The fourth-order valence-corrected chi connectivity index (χ4v) is 5.53. The highest BCUT2D eigenvalue weighted by Gasteiger charge is 2.33. The minimum atomic E-state index is -4.33. The lowest BCUT2D eigenvalue weighted by Gasteiger charge is -2.32. The van der Waals surface area contributed by atoms with E-state index in [4.69, 9.17) is 11.6 Å². The molecule has 0 saturated heterocycles. The summed E-state index contributed by atoms with van der Waals surface area (Å²) in [4.78, 5) is 38.9. The van der Waals surface area contributed by atoms with Gasteiger partial charge in [-0.3, -0.25) is 24.0 Å². The second-order valence-electron chi connectivity index (χ2n) is 9.25. The lowest BCUT2D eigenvalue weighted by molar-refractivity contribution is -0.384. The standard InChI is InChI=1S/C28H31ClN4O6S/c1-4-20(2)30-28(35)21(3)31(18-22-10-8-11-23(29)16-22)27(34)19-32(24-12-9-13-25(17-24)33(36)37)40(38,39)26-14-6-5-7-15-26/h5-17,20-21H,4,18-19H2,1-3H3,(H,30,35). The highest BCUT2D eigenvalue weighted by Crippen LogP contribution is 2.27. The third-order valence-corrected chi connectivity index (χ3v) is 8.37. The van der Waals surface area contributed by atoms with E-state index < -0.39 is 39.3 Å². The number of sulfonamides is 1. The number of benzene rings is 3. The number of hydrogen-bond donors (Lipinski definition) is 1. The van der Waals surface area contributed by atoms with Gasteiger partial charge in [0.2, 0.25) is 11.8 Å². The summed E-state index contributed by atoms with van der Waals surface area (Å²) in [5.41, 5.74) is 0.234. The molecule has 0 fully saturated rings. The second-order valence-corrected chi connectivity index (χ2v) is 11.5. The van der Waals surface area contributed by atoms with Crippen molar-refractivity contribution in [2.24, 2.45) is 0 Å². The number of hydrogen-bond acceptors (Lipinski definition) is 6. The Morgan fingerprint density at radius 3 is 2.30 bits per heavy atom. The molecule has 0 bridgehead atoms. The van der Waals surface area contributed by atoms with Crippen molar-refractivity contribution < 1.29 is 22.9 Å². The number of amides is 2. The number of non-ortho nitro benzene ring substituents is 1. The summed E-state index contributed by atoms with van der Waals surface area (Å²) in [6.45, 7) is 4.58. The topological polar surface area (TPSA) is 130 Å². The van der Waals surface area contributed by atoms with Crippen molar-refractivity contribution in [3.63, 3.8) is 0 Å². The summed E-state index contributed by atoms with van der Waals surface area (Å²) in [5.74, 6) is -1.09. The predicted octanol–water partition coefficient (Wildman–Crippen LogP) is 4.78. The fraction of sp³-hybridized carbons (Fsp3) is 0.286. The molecule has 212 valence electrons. The predicted molar refractivity (Wildman–Crippen MR) is 153 cm³/mol. The molecule has 2 amide bonds. The first-order valence-corrected chi connectivity index (χ1v) is 14.4. The van der Waals surface area contributed by atoms with Crippen molar-refractivity contribution in [2.75, 3.05) is 10.8 Å². The van der Waals surface area contributed by atoms with Crippen molar-refractivity contribution in [3.8, 4) is 0 Å². The van der Waals surface area contributed by atoms with Crippen LogP contribution in [0.3, 0.4) is 0 Å². The van der Waals surface area contributed by atoms with Crippen LogP contribution in [-0.4, -0.2) is 48.7 Å². The maximum absolute atomic E-state index is 13.9. The number of halogens is 1. The van der Waals surface area contributed by atoms with E-state index in [-0.39, 0.29) is 28.9 Å². The number of rotatable bonds is 12. The quantitative estimate of drug-likeness (QED) is 0.240. The average molecular weight is 587 g/mol. The van der Waals surface area contributed by atoms with Crippen molar-refractivity contribution in [1.82, 2.24) is 10.2 Å². The Morgan fingerprint density at radius 1 is 1.00 bits per heavy atom. The Bertz CT molecular complexity index is 1470. The van der Waals surface area contributed by atoms with Gasteiger partial charge in [0, 0.05) is 29.7 Å². The van der Waals surface area contributed by atoms with E-state index in [0.29, 0.717) is 17.0 Å². The molecule has 1 N–H and O–H groups in total. The van der Waals surface area contributed by atoms with Crippen LogP contribution in [0.15, 0.2) is 83.8 Å². The highest BCUT2D eigenvalue weighted by molar-refractivity contribution is 7.92. The van der Waals surface area contributed by atoms with Crippen LogP contribution >= 0.6 is 11.6 Å². The Hall–Kier alpha value is -3.96. The molecule has 0 spiro atoms. The zero-order valence-corrected chi connectivity index (χ0v) is 23.9. The molecule has 0 aliphatic rings. The van der Waals surface area contributed by atoms with Crippen LogP contribution in [0.25, 0.3) is 0 Å². The summed E-state index contributed by atoms with van der Waals surface area (Å²) in [6, 6.07) is 18.2. The van der Waals surface area contributed by atoms with Gasteiger partial charge in [-0.25, -0.2) is 8.42 Å². The lowest BCUT2D eigenvalue weighted by Crippen LogP contribution is -2.52. The third kappa shape index (κ3) is 7.57. The van der Waals surface area contributed by atoms with E-state index >= 15 is 0 Å². The van der Waals surface area contributed by atoms with Gasteiger partial charge < -0.3 is 10.2 Å². The molecule has 3 aromatic rings. The minimum absolute atomic E-state index is 0.0252. The van der Waals surface area contributed by atoms with Crippen molar-refractivity contribution in [2.45, 2.75) is 50.7 Å². The maximum atomic E-state index is 13.9. The molecule has 2 unspecified atom stereocenters. The van der Waals surface area contributed by atoms with Crippen LogP contribution in [0.2, 0.25) is 5.02 Å². The molecule has 0 heterocycles. The van der Waals surface area contributed by atoms with E-state index in [9.17, 15) is 28.1 Å². The molecule has 0 saturated carbocycles. The number of carbonyl (C=O) groups excluding carboxylic acids is 2. The Morgan fingerprint density at radius 2 is 1.68 bits per heavy atom. The zero-order chi connectivity index (χ0) is 29.4. The molecule has 0 aliphatic carbocycles. The summed E-state index contributed by atoms with van der Waals surface area (Å²) >= 11 is 6.14. The van der Waals surface area contributed by atoms with E-state index in [2.05, 4.69) is 5.32 Å². The summed E-state index contributed by atoms with van der Waals surface area (Å²) in [7, 11) is -4.33. The molecule has 0 radical (unpaired) electrons. The van der Waals surface area contributed by atoms with E-state index in [1.807, 2.05) is 13.8 Å². The number of nitrogens with one attached hydrogen (secondary N) is 1. The molecule has 3 rings (SSSR count). The molecule has 2 atom stereocenters. The summed E-state index contributed by atoms with van der Waals surface area (Å²) < 4.78 is 28.3. The van der Waals surface area contributed by atoms with Gasteiger partial charge in [0.25, 0.3) is 15.7 Å². The molecule has 40 heavy (non-hydrogen) atoms. The van der Waals surface area contributed by atoms with Gasteiger partial charge in [-0.15, -0.1) is 0 Å². The van der Waals surface area contributed by atoms with E-state index in [1.165, 1.54) is 47.4 Å². The van der Waals surface area contributed by atoms with Crippen LogP contribution < -0.4 is 9.62 Å². The van der Waals surface area contributed by atoms with Gasteiger partial charge in [0.05, 0.1) is 15.5 Å². The van der Waals surface area contributed by atoms with Gasteiger partial charge in [-0.2, -0.15) is 0 Å². The smallest absolute Gasteiger partial charge is 0.271 e. The largest absolute Gasteiger partial charge is 0.352 e. The number of carbonyl (C=O) groups is 2. The van der Waals surface area contributed by atoms with Gasteiger partial charge >= 0.3 is 0 Å². The van der Waals surface area contributed by atoms with Crippen LogP contribution in [0, 0.1) is 10.1 Å². The number of anilines is 1. The van der Waals surface area contributed by atoms with Crippen LogP contribution in [0.1, 0.15) is 32.8 Å². The van der Waals surface area contributed by atoms with Gasteiger partial charge in [0.1, 0.15) is 12.6 Å². The van der Waals surface area contributed by atoms with Crippen LogP contribution in [0.5, 0.6) is 0 Å². The molecule has 10 nitrogen and oxygen atoms in total. The van der Waals surface area contributed by atoms with E-state index in [0.717, 1.165) is 10.4 Å². The number of nitro groups is 1. The molecular weight excluding hydrogens is 556 g/mol. The molecule has 0 aliphatic heterocycles. The SMILES string of the molecule is CCC(C)NC(=O)C(C)N(Cc1cccc(Cl)c1)C(=O)CN(c1cccc([N+](=O)[O-])c1)S(=O)(=O)c1ccccc1. The Labute approximate surface area is 238 Å². The first-order chi connectivity index (χ1) is 18.9. The van der Waals surface area contributed by atoms with Crippen molar-refractivity contribution in [3.05, 3.63) is 99.6 Å². The summed E-state index contributed by atoms with van der Waals surface area (Å²) in [5, 5.41) is 14.7. The summed E-state index contributed by atoms with van der Waals surface area (Å²) in [6.07, 6.45) is 0.677. The van der Waals surface area contributed by atoms with Crippen LogP contribution in [0.4, 0.5) is 11.4 Å². The molecule has 3 aromatic carbocycles. The Kier molecular flexibility index (Phi) is 10.2. The minimum Gasteiger partial charge on any atom is -0.352 e. The second kappa shape index (κ2) is 13.4. The molecule has 0 aromatic heterocycles. The highest BCUT2D eigenvalue weighted by atomic mass is 35.5. The fourth-order valence-electron chi connectivity index (χ4n) is 3.89. The van der Waals surface area contributed by atoms with Crippen LogP contribution in [-0.2, 0) is 26.2 Å². The van der Waals surface area contributed by atoms with Crippen molar-refractivity contribution >= 4 is 44.8 Å². The van der Waals surface area contributed by atoms with Gasteiger partial charge in [-0.1, -0.05) is 54.9 Å². The van der Waals surface area contributed by atoms with E-state index in [1.54, 1.807) is 37.3 Å². The first kappa shape index (κ1) is 30.6. The average Bonchev–Trinajstić information content (AvgIpc) is 2.94. The maximum Gasteiger partial charge on any atom is 0.271 e. The zero-order valence-electron chi connectivity index (χ0n) is 22.4. The molecular formula is C28H31ClN4O6S. The van der Waals surface area contributed by atoms with Crippen molar-refractivity contribution in [1.29, 1.82) is 0 Å². The third-order valence-electron chi connectivity index (χ3n) is 6.35. The monoisotopic (exact) mass is 586 g/mol. The first-order valence-electron chi connectivity index (χ1n) is 12.6. The normalized spacial score (nSPS) is 12.7. The number of nitrogens with zero attached hydrogens (tertiary/aromatic N) is 3. The lowest BCUT2D eigenvalue weighted by atomic mass is 10.1. The number of nitro benzene ring substituents is 1.